The minimum absolute atomic E-state index is 0.486. The highest BCUT2D eigenvalue weighted by Crippen LogP contribution is 2.33. The highest BCUT2D eigenvalue weighted by atomic mass is 32.1. The number of aromatic nitrogens is 1. The van der Waals surface area contributed by atoms with Gasteiger partial charge in [0, 0.05) is 10.9 Å². The molecule has 0 saturated heterocycles. The number of nitrogens with zero attached hydrogens (tertiary/aromatic N) is 1. The Morgan fingerprint density at radius 3 is 2.59 bits per heavy atom. The summed E-state index contributed by atoms with van der Waals surface area (Å²) in [6.07, 6.45) is 0. The molecule has 3 rings (SSSR count). The molecular weight excluding hydrogens is 296 g/mol. The Kier molecular flexibility index (Phi) is 4.25. The summed E-state index contributed by atoms with van der Waals surface area (Å²) in [4.78, 5) is 4.30. The fourth-order valence-corrected chi connectivity index (χ4v) is 2.68. The number of hydrogen-bond donors (Lipinski definition) is 1. The number of rotatable bonds is 5. The van der Waals surface area contributed by atoms with Gasteiger partial charge in [-0.1, -0.05) is 30.3 Å². The zero-order chi connectivity index (χ0) is 15.4. The zero-order valence-electron chi connectivity index (χ0n) is 12.2. The molecule has 0 spiro atoms. The van der Waals surface area contributed by atoms with Crippen molar-refractivity contribution in [1.29, 1.82) is 0 Å². The Bertz CT molecular complexity index is 756. The fraction of sp³-hybridized carbons (Fsp3) is 0.118. The van der Waals surface area contributed by atoms with Gasteiger partial charge in [-0.25, -0.2) is 4.98 Å². The van der Waals surface area contributed by atoms with Crippen LogP contribution in [0.4, 0.5) is 5.13 Å². The molecule has 0 saturated carbocycles. The lowest BCUT2D eigenvalue weighted by atomic mass is 10.1. The van der Waals surface area contributed by atoms with Crippen molar-refractivity contribution in [2.45, 2.75) is 6.61 Å². The van der Waals surface area contributed by atoms with E-state index in [0.717, 1.165) is 16.8 Å². The molecule has 2 aromatic carbocycles. The van der Waals surface area contributed by atoms with Gasteiger partial charge in [0.05, 0.1) is 12.8 Å². The average Bonchev–Trinajstić information content (AvgIpc) is 3.00. The lowest BCUT2D eigenvalue weighted by molar-refractivity contribution is 0.284. The molecule has 3 aromatic rings. The summed E-state index contributed by atoms with van der Waals surface area (Å²) in [7, 11) is 1.63. The molecule has 5 heteroatoms. The summed E-state index contributed by atoms with van der Waals surface area (Å²) >= 11 is 1.42. The van der Waals surface area contributed by atoms with Gasteiger partial charge < -0.3 is 15.2 Å². The van der Waals surface area contributed by atoms with Crippen LogP contribution in [0.3, 0.4) is 0 Å². The Morgan fingerprint density at radius 1 is 1.09 bits per heavy atom. The van der Waals surface area contributed by atoms with Gasteiger partial charge in [0.25, 0.3) is 0 Å². The Morgan fingerprint density at radius 2 is 1.91 bits per heavy atom. The van der Waals surface area contributed by atoms with Crippen LogP contribution in [0.5, 0.6) is 11.5 Å². The lowest BCUT2D eigenvalue weighted by Gasteiger charge is -2.12. The summed E-state index contributed by atoms with van der Waals surface area (Å²) in [5, 5.41) is 2.48. The molecule has 0 amide bonds. The third-order valence-electron chi connectivity index (χ3n) is 3.22. The first-order valence-corrected chi connectivity index (χ1v) is 7.70. The highest BCUT2D eigenvalue weighted by molar-refractivity contribution is 7.13. The quantitative estimate of drug-likeness (QED) is 0.774. The topological polar surface area (TPSA) is 57.4 Å². The van der Waals surface area contributed by atoms with Crippen LogP contribution in [0, 0.1) is 0 Å². The Hall–Kier alpha value is -2.53. The summed E-state index contributed by atoms with van der Waals surface area (Å²) in [5.74, 6) is 1.39. The maximum Gasteiger partial charge on any atom is 0.180 e. The smallest absolute Gasteiger partial charge is 0.180 e. The molecule has 0 aliphatic carbocycles. The summed E-state index contributed by atoms with van der Waals surface area (Å²) in [5.41, 5.74) is 8.60. The van der Waals surface area contributed by atoms with Crippen molar-refractivity contribution < 1.29 is 9.47 Å². The predicted molar refractivity (Wildman–Crippen MR) is 89.3 cm³/mol. The predicted octanol–water partition coefficient (Wildman–Crippen LogP) is 3.98. The van der Waals surface area contributed by atoms with Gasteiger partial charge in [-0.15, -0.1) is 11.3 Å². The number of ether oxygens (including phenoxy) is 2. The van der Waals surface area contributed by atoms with Gasteiger partial charge >= 0.3 is 0 Å². The van der Waals surface area contributed by atoms with Crippen LogP contribution in [0.1, 0.15) is 5.56 Å². The minimum atomic E-state index is 0.486. The average molecular weight is 312 g/mol. The van der Waals surface area contributed by atoms with E-state index >= 15 is 0 Å². The number of hydrogen-bond acceptors (Lipinski definition) is 5. The van der Waals surface area contributed by atoms with E-state index in [1.165, 1.54) is 11.3 Å². The molecular formula is C17H16N2O2S. The highest BCUT2D eigenvalue weighted by Gasteiger charge is 2.09. The maximum absolute atomic E-state index is 5.90. The second kappa shape index (κ2) is 6.49. The monoisotopic (exact) mass is 312 g/mol. The van der Waals surface area contributed by atoms with Crippen LogP contribution in [0.25, 0.3) is 11.3 Å². The van der Waals surface area contributed by atoms with E-state index in [4.69, 9.17) is 15.2 Å². The van der Waals surface area contributed by atoms with Crippen molar-refractivity contribution >= 4 is 16.5 Å². The molecule has 0 atom stereocenters. The molecule has 0 aliphatic heterocycles. The molecule has 22 heavy (non-hydrogen) atoms. The van der Waals surface area contributed by atoms with Crippen LogP contribution in [-0.2, 0) is 6.61 Å². The SMILES string of the molecule is COc1ccc(-c2csc(N)n2)cc1OCc1ccccc1. The molecule has 4 nitrogen and oxygen atoms in total. The molecule has 0 bridgehead atoms. The van der Waals surface area contributed by atoms with Gasteiger partial charge in [-0.05, 0) is 23.8 Å². The van der Waals surface area contributed by atoms with E-state index in [1.54, 1.807) is 7.11 Å². The lowest BCUT2D eigenvalue weighted by Crippen LogP contribution is -1.98. The minimum Gasteiger partial charge on any atom is -0.493 e. The summed E-state index contributed by atoms with van der Waals surface area (Å²) in [6, 6.07) is 15.8. The normalized spacial score (nSPS) is 10.4. The van der Waals surface area contributed by atoms with Gasteiger partial charge in [-0.2, -0.15) is 0 Å². The Balaban J connectivity index is 1.85. The zero-order valence-corrected chi connectivity index (χ0v) is 13.0. The van der Waals surface area contributed by atoms with Crippen LogP contribution in [-0.4, -0.2) is 12.1 Å². The molecule has 112 valence electrons. The largest absolute Gasteiger partial charge is 0.493 e. The molecule has 0 fully saturated rings. The van der Waals surface area contributed by atoms with Crippen molar-refractivity contribution in [3.8, 4) is 22.8 Å². The third-order valence-corrected chi connectivity index (χ3v) is 3.89. The molecule has 2 N–H and O–H groups in total. The van der Waals surface area contributed by atoms with Gasteiger partial charge in [0.1, 0.15) is 6.61 Å². The number of nitrogens with two attached hydrogens (primary N) is 1. The van der Waals surface area contributed by atoms with Crippen LogP contribution in [0.15, 0.2) is 53.9 Å². The van der Waals surface area contributed by atoms with E-state index in [-0.39, 0.29) is 0 Å². The van der Waals surface area contributed by atoms with Crippen molar-refractivity contribution in [3.05, 3.63) is 59.5 Å². The number of anilines is 1. The number of thiazole rings is 1. The Labute approximate surface area is 133 Å². The second-order valence-corrected chi connectivity index (χ2v) is 5.60. The fourth-order valence-electron chi connectivity index (χ4n) is 2.10. The van der Waals surface area contributed by atoms with Crippen LogP contribution in [0.2, 0.25) is 0 Å². The summed E-state index contributed by atoms with van der Waals surface area (Å²) in [6.45, 7) is 0.486. The van der Waals surface area contributed by atoms with Crippen molar-refractivity contribution in [2.75, 3.05) is 12.8 Å². The number of nitrogen functional groups attached to an aromatic ring is 1. The standard InChI is InChI=1S/C17H16N2O2S/c1-20-15-8-7-13(14-11-22-17(18)19-14)9-16(15)21-10-12-5-3-2-4-6-12/h2-9,11H,10H2,1H3,(H2,18,19). The van der Waals surface area contributed by atoms with Crippen molar-refractivity contribution in [3.63, 3.8) is 0 Å². The van der Waals surface area contributed by atoms with Crippen molar-refractivity contribution in [2.24, 2.45) is 0 Å². The van der Waals surface area contributed by atoms with Crippen LogP contribution >= 0.6 is 11.3 Å². The molecule has 0 aliphatic rings. The van der Waals surface area contributed by atoms with Gasteiger partial charge in [0.15, 0.2) is 16.6 Å². The number of benzene rings is 2. The molecule has 0 radical (unpaired) electrons. The van der Waals surface area contributed by atoms with E-state index in [9.17, 15) is 0 Å². The first kappa shape index (κ1) is 14.4. The second-order valence-electron chi connectivity index (χ2n) is 4.71. The first-order valence-electron chi connectivity index (χ1n) is 6.82. The summed E-state index contributed by atoms with van der Waals surface area (Å²) < 4.78 is 11.3. The van der Waals surface area contributed by atoms with Crippen LogP contribution < -0.4 is 15.2 Å². The van der Waals surface area contributed by atoms with E-state index in [1.807, 2.05) is 53.9 Å². The first-order chi connectivity index (χ1) is 10.8. The number of methoxy groups -OCH3 is 1. The van der Waals surface area contributed by atoms with Gasteiger partial charge in [-0.3, -0.25) is 0 Å². The molecule has 1 heterocycles. The van der Waals surface area contributed by atoms with E-state index in [2.05, 4.69) is 4.98 Å². The molecule has 1 aromatic heterocycles. The van der Waals surface area contributed by atoms with Gasteiger partial charge in [0.2, 0.25) is 0 Å². The van der Waals surface area contributed by atoms with Crippen molar-refractivity contribution in [1.82, 2.24) is 4.98 Å². The third kappa shape index (κ3) is 3.20. The maximum atomic E-state index is 5.90. The molecule has 0 unspecified atom stereocenters. The van der Waals surface area contributed by atoms with E-state index < -0.39 is 0 Å². The van der Waals surface area contributed by atoms with E-state index in [0.29, 0.717) is 23.2 Å².